The van der Waals surface area contributed by atoms with E-state index in [1.54, 1.807) is 12.3 Å². The molecule has 5 nitrogen and oxygen atoms in total. The predicted molar refractivity (Wildman–Crippen MR) is 66.4 cm³/mol. The third kappa shape index (κ3) is 3.82. The monoisotopic (exact) mass is 244 g/mol. The van der Waals surface area contributed by atoms with Gasteiger partial charge in [0.2, 0.25) is 5.91 Å². The van der Waals surface area contributed by atoms with Crippen molar-refractivity contribution < 1.29 is 4.79 Å². The first kappa shape index (κ1) is 12.5. The van der Waals surface area contributed by atoms with Crippen LogP contribution in [0.3, 0.4) is 0 Å². The van der Waals surface area contributed by atoms with Crippen molar-refractivity contribution in [2.24, 2.45) is 5.92 Å². The normalized spacial score (nSPS) is 13.9. The third-order valence-electron chi connectivity index (χ3n) is 2.82. The largest absolute Gasteiger partial charge is 0.355 e. The summed E-state index contributed by atoms with van der Waals surface area (Å²) in [6.45, 7) is 2.05. The van der Waals surface area contributed by atoms with Crippen LogP contribution in [0.2, 0.25) is 0 Å². The Morgan fingerprint density at radius 1 is 1.50 bits per heavy atom. The van der Waals surface area contributed by atoms with Crippen LogP contribution in [0.25, 0.3) is 0 Å². The Balaban J connectivity index is 1.62. The molecule has 0 bridgehead atoms. The second kappa shape index (κ2) is 6.12. The molecular weight excluding hydrogens is 228 g/mol. The number of nitriles is 1. The van der Waals surface area contributed by atoms with Gasteiger partial charge in [-0.3, -0.25) is 4.79 Å². The molecule has 94 valence electrons. The van der Waals surface area contributed by atoms with Gasteiger partial charge in [-0.15, -0.1) is 0 Å². The average molecular weight is 244 g/mol. The van der Waals surface area contributed by atoms with Crippen molar-refractivity contribution in [1.82, 2.24) is 15.6 Å². The molecule has 0 spiro atoms. The first-order chi connectivity index (χ1) is 8.79. The SMILES string of the molecule is N#Cc1cc(CNCCNC(=O)C2CC2)ccn1. The number of nitrogens with zero attached hydrogens (tertiary/aromatic N) is 2. The van der Waals surface area contributed by atoms with Crippen molar-refractivity contribution in [3.8, 4) is 6.07 Å². The van der Waals surface area contributed by atoms with Gasteiger partial charge in [-0.25, -0.2) is 4.98 Å². The second-order valence-corrected chi connectivity index (χ2v) is 4.40. The number of rotatable bonds is 6. The number of carbonyl (C=O) groups is 1. The van der Waals surface area contributed by atoms with E-state index in [-0.39, 0.29) is 11.8 Å². The highest BCUT2D eigenvalue weighted by molar-refractivity contribution is 5.80. The van der Waals surface area contributed by atoms with Crippen molar-refractivity contribution in [2.45, 2.75) is 19.4 Å². The van der Waals surface area contributed by atoms with Crippen LogP contribution in [-0.4, -0.2) is 24.0 Å². The van der Waals surface area contributed by atoms with E-state index in [1.807, 2.05) is 12.1 Å². The summed E-state index contributed by atoms with van der Waals surface area (Å²) in [4.78, 5) is 15.2. The fourth-order valence-electron chi connectivity index (χ4n) is 1.64. The van der Waals surface area contributed by atoms with E-state index in [0.717, 1.165) is 24.9 Å². The standard InChI is InChI=1S/C13H16N4O/c14-8-12-7-10(3-4-16-12)9-15-5-6-17-13(18)11-1-2-11/h3-4,7,11,15H,1-2,5-6,9H2,(H,17,18). The molecule has 1 amide bonds. The lowest BCUT2D eigenvalue weighted by Crippen LogP contribution is -2.32. The Kier molecular flexibility index (Phi) is 4.26. The molecule has 1 fully saturated rings. The van der Waals surface area contributed by atoms with Gasteiger partial charge < -0.3 is 10.6 Å². The Bertz CT molecular complexity index is 462. The molecule has 2 N–H and O–H groups in total. The van der Waals surface area contributed by atoms with E-state index in [0.29, 0.717) is 18.8 Å². The van der Waals surface area contributed by atoms with E-state index < -0.39 is 0 Å². The van der Waals surface area contributed by atoms with Crippen LogP contribution in [0.1, 0.15) is 24.1 Å². The Morgan fingerprint density at radius 2 is 2.33 bits per heavy atom. The summed E-state index contributed by atoms with van der Waals surface area (Å²) in [5, 5.41) is 14.8. The lowest BCUT2D eigenvalue weighted by Gasteiger charge is -2.06. The third-order valence-corrected chi connectivity index (χ3v) is 2.82. The quantitative estimate of drug-likeness (QED) is 0.717. The molecule has 1 aliphatic carbocycles. The molecule has 0 aromatic carbocycles. The van der Waals surface area contributed by atoms with Gasteiger partial charge in [-0.05, 0) is 30.5 Å². The maximum atomic E-state index is 11.3. The van der Waals surface area contributed by atoms with E-state index in [4.69, 9.17) is 5.26 Å². The minimum Gasteiger partial charge on any atom is -0.355 e. The second-order valence-electron chi connectivity index (χ2n) is 4.40. The van der Waals surface area contributed by atoms with E-state index in [2.05, 4.69) is 15.6 Å². The highest BCUT2D eigenvalue weighted by Gasteiger charge is 2.28. The summed E-state index contributed by atoms with van der Waals surface area (Å²) in [5.41, 5.74) is 1.45. The molecule has 0 radical (unpaired) electrons. The summed E-state index contributed by atoms with van der Waals surface area (Å²) in [5.74, 6) is 0.441. The number of pyridine rings is 1. The number of hydrogen-bond donors (Lipinski definition) is 2. The van der Waals surface area contributed by atoms with E-state index in [9.17, 15) is 4.79 Å². The molecule has 1 saturated carbocycles. The molecule has 1 aromatic heterocycles. The number of hydrogen-bond acceptors (Lipinski definition) is 4. The summed E-state index contributed by atoms with van der Waals surface area (Å²) in [7, 11) is 0. The van der Waals surface area contributed by atoms with Crippen molar-refractivity contribution in [3.63, 3.8) is 0 Å². The Hall–Kier alpha value is -1.93. The molecule has 0 unspecified atom stereocenters. The topological polar surface area (TPSA) is 77.8 Å². The average Bonchev–Trinajstić information content (AvgIpc) is 3.23. The summed E-state index contributed by atoms with van der Waals surface area (Å²) >= 11 is 0. The van der Waals surface area contributed by atoms with Crippen LogP contribution in [-0.2, 0) is 11.3 Å². The van der Waals surface area contributed by atoms with Gasteiger partial charge in [0.15, 0.2) is 0 Å². The minimum absolute atomic E-state index is 0.174. The zero-order chi connectivity index (χ0) is 12.8. The summed E-state index contributed by atoms with van der Waals surface area (Å²) in [6.07, 6.45) is 3.70. The van der Waals surface area contributed by atoms with Crippen molar-refractivity contribution in [1.29, 1.82) is 5.26 Å². The zero-order valence-corrected chi connectivity index (χ0v) is 10.1. The summed E-state index contributed by atoms with van der Waals surface area (Å²) in [6, 6.07) is 5.64. The maximum Gasteiger partial charge on any atom is 0.223 e. The fraction of sp³-hybridized carbons (Fsp3) is 0.462. The van der Waals surface area contributed by atoms with Crippen LogP contribution in [0, 0.1) is 17.2 Å². The fourth-order valence-corrected chi connectivity index (χ4v) is 1.64. The molecule has 1 aromatic rings. The predicted octanol–water partition coefficient (Wildman–Crippen LogP) is 0.569. The van der Waals surface area contributed by atoms with Crippen LogP contribution in [0.15, 0.2) is 18.3 Å². The number of amides is 1. The van der Waals surface area contributed by atoms with Gasteiger partial charge in [0.25, 0.3) is 0 Å². The van der Waals surface area contributed by atoms with Gasteiger partial charge >= 0.3 is 0 Å². The molecule has 0 aliphatic heterocycles. The first-order valence-electron chi connectivity index (χ1n) is 6.13. The van der Waals surface area contributed by atoms with Gasteiger partial charge in [-0.1, -0.05) is 0 Å². The van der Waals surface area contributed by atoms with Gasteiger partial charge in [0.1, 0.15) is 11.8 Å². The van der Waals surface area contributed by atoms with Crippen LogP contribution < -0.4 is 10.6 Å². The van der Waals surface area contributed by atoms with Gasteiger partial charge in [0.05, 0.1) is 0 Å². The number of nitrogens with one attached hydrogen (secondary N) is 2. The van der Waals surface area contributed by atoms with Crippen molar-refractivity contribution >= 4 is 5.91 Å². The van der Waals surface area contributed by atoms with Crippen LogP contribution in [0.4, 0.5) is 0 Å². The summed E-state index contributed by atoms with van der Waals surface area (Å²) < 4.78 is 0. The molecule has 18 heavy (non-hydrogen) atoms. The van der Waals surface area contributed by atoms with Gasteiger partial charge in [0, 0.05) is 31.7 Å². The molecule has 5 heteroatoms. The van der Waals surface area contributed by atoms with E-state index in [1.165, 1.54) is 0 Å². The molecule has 1 aliphatic rings. The highest BCUT2D eigenvalue weighted by atomic mass is 16.2. The van der Waals surface area contributed by atoms with Crippen molar-refractivity contribution in [2.75, 3.05) is 13.1 Å². The molecule has 0 atom stereocenters. The smallest absolute Gasteiger partial charge is 0.223 e. The van der Waals surface area contributed by atoms with Gasteiger partial charge in [-0.2, -0.15) is 5.26 Å². The number of aromatic nitrogens is 1. The zero-order valence-electron chi connectivity index (χ0n) is 10.1. The first-order valence-corrected chi connectivity index (χ1v) is 6.13. The molecule has 1 heterocycles. The Morgan fingerprint density at radius 3 is 3.06 bits per heavy atom. The minimum atomic E-state index is 0.174. The molecule has 2 rings (SSSR count). The highest BCUT2D eigenvalue weighted by Crippen LogP contribution is 2.28. The lowest BCUT2D eigenvalue weighted by molar-refractivity contribution is -0.122. The maximum absolute atomic E-state index is 11.3. The molecule has 0 saturated heterocycles. The van der Waals surface area contributed by atoms with Crippen molar-refractivity contribution in [3.05, 3.63) is 29.6 Å². The van der Waals surface area contributed by atoms with Crippen LogP contribution in [0.5, 0.6) is 0 Å². The number of carbonyl (C=O) groups excluding carboxylic acids is 1. The Labute approximate surface area is 106 Å². The van der Waals surface area contributed by atoms with Crippen LogP contribution >= 0.6 is 0 Å². The lowest BCUT2D eigenvalue weighted by atomic mass is 10.2. The van der Waals surface area contributed by atoms with E-state index >= 15 is 0 Å². The molecular formula is C13H16N4O.